The third-order valence-electron chi connectivity index (χ3n) is 7.81. The third kappa shape index (κ3) is 10.4. The number of hydroxylamine groups is 1. The molecule has 15 nitrogen and oxygen atoms in total. The predicted octanol–water partition coefficient (Wildman–Crippen LogP) is 3.43. The smallest absolute Gasteiger partial charge is 0.408 e. The fraction of sp³-hybridized carbons (Fsp3) is 0.486. The van der Waals surface area contributed by atoms with Crippen LogP contribution in [0.5, 0.6) is 0 Å². The summed E-state index contributed by atoms with van der Waals surface area (Å²) in [6, 6.07) is 4.20. The second-order valence-electron chi connectivity index (χ2n) is 13.9. The van der Waals surface area contributed by atoms with Crippen LogP contribution in [-0.2, 0) is 43.2 Å². The zero-order valence-electron chi connectivity index (χ0n) is 29.9. The zero-order chi connectivity index (χ0) is 36.6. The van der Waals surface area contributed by atoms with E-state index in [-0.39, 0.29) is 31.1 Å². The van der Waals surface area contributed by atoms with Gasteiger partial charge in [0.25, 0.3) is 5.91 Å². The average Bonchev–Trinajstić information content (AvgIpc) is 3.80. The van der Waals surface area contributed by atoms with Gasteiger partial charge in [-0.15, -0.1) is 0 Å². The van der Waals surface area contributed by atoms with E-state index in [0.29, 0.717) is 11.4 Å². The summed E-state index contributed by atoms with van der Waals surface area (Å²) in [5.41, 5.74) is 4.34. The highest BCUT2D eigenvalue weighted by Crippen LogP contribution is 2.20. The first-order valence-corrected chi connectivity index (χ1v) is 16.7. The van der Waals surface area contributed by atoms with Crippen molar-refractivity contribution in [1.82, 2.24) is 46.4 Å². The Balaban J connectivity index is 1.64. The van der Waals surface area contributed by atoms with E-state index < -0.39 is 47.5 Å². The minimum absolute atomic E-state index is 0.0447. The van der Waals surface area contributed by atoms with E-state index in [9.17, 15) is 19.2 Å². The number of nitrogens with zero attached hydrogens (tertiary/aromatic N) is 2. The predicted molar refractivity (Wildman–Crippen MR) is 187 cm³/mol. The van der Waals surface area contributed by atoms with Crippen molar-refractivity contribution >= 4 is 34.7 Å². The Morgan fingerprint density at radius 2 is 1.28 bits per heavy atom. The molecular weight excluding hydrogens is 642 g/mol. The van der Waals surface area contributed by atoms with Crippen LogP contribution < -0.4 is 21.4 Å². The van der Waals surface area contributed by atoms with Gasteiger partial charge >= 0.3 is 6.09 Å². The van der Waals surface area contributed by atoms with Crippen LogP contribution in [0.2, 0.25) is 0 Å². The molecular formula is C35H49N9O6. The summed E-state index contributed by atoms with van der Waals surface area (Å²) in [5, 5.41) is 9.18. The Morgan fingerprint density at radius 3 is 1.78 bits per heavy atom. The van der Waals surface area contributed by atoms with Crippen molar-refractivity contribution in [2.75, 3.05) is 7.11 Å². The summed E-state index contributed by atoms with van der Waals surface area (Å²) in [6.07, 6.45) is 4.41. The average molecular weight is 692 g/mol. The van der Waals surface area contributed by atoms with Crippen LogP contribution >= 0.6 is 0 Å². The van der Waals surface area contributed by atoms with Gasteiger partial charge in [-0.3, -0.25) is 19.2 Å². The number of hydrogen-bond donors (Lipinski definition) is 7. The maximum atomic E-state index is 14.1. The molecule has 7 N–H and O–H groups in total. The van der Waals surface area contributed by atoms with Crippen molar-refractivity contribution in [2.24, 2.45) is 0 Å². The molecule has 0 saturated heterocycles. The molecule has 0 saturated carbocycles. The number of aromatic nitrogens is 5. The standard InChI is InChI=1S/C35H49N9O6/c1-19(2)29-37-17-22(39-29)14-27(43-34(48)50-35(5,6)7)32(46)41-26(13-21-16-36-25-12-10-9-11-24(21)25)31(45)42-28(33(47)44-49-8)15-23-18-38-30(40-23)20(3)4/h9-12,16-20,26-28,36H,13-15H2,1-8H3,(H,37,39)(H,38,40)(H,41,46)(H,42,45)(H,43,48)(H,44,47)/t26-,27-,28-/m0/s1. The molecule has 0 aliphatic heterocycles. The molecule has 0 bridgehead atoms. The van der Waals surface area contributed by atoms with E-state index >= 15 is 0 Å². The number of nitrogens with one attached hydrogen (secondary N) is 7. The van der Waals surface area contributed by atoms with Crippen LogP contribution in [0.15, 0.2) is 42.9 Å². The van der Waals surface area contributed by atoms with Gasteiger partial charge in [-0.1, -0.05) is 45.9 Å². The third-order valence-corrected chi connectivity index (χ3v) is 7.81. The Labute approximate surface area is 291 Å². The first-order valence-electron chi connectivity index (χ1n) is 16.7. The first kappa shape index (κ1) is 37.6. The maximum Gasteiger partial charge on any atom is 0.408 e. The molecule has 0 spiro atoms. The van der Waals surface area contributed by atoms with Crippen molar-refractivity contribution in [2.45, 2.75) is 103 Å². The van der Waals surface area contributed by atoms with Crippen molar-refractivity contribution in [3.05, 3.63) is 71.5 Å². The summed E-state index contributed by atoms with van der Waals surface area (Å²) < 4.78 is 5.46. The molecule has 3 heterocycles. The van der Waals surface area contributed by atoms with Crippen molar-refractivity contribution in [3.63, 3.8) is 0 Å². The van der Waals surface area contributed by atoms with E-state index in [4.69, 9.17) is 9.57 Å². The minimum atomic E-state index is -1.16. The van der Waals surface area contributed by atoms with Gasteiger partial charge in [0.2, 0.25) is 11.8 Å². The highest BCUT2D eigenvalue weighted by molar-refractivity contribution is 5.94. The quantitative estimate of drug-likeness (QED) is 0.0917. The molecule has 3 aromatic heterocycles. The Kier molecular flexibility index (Phi) is 12.4. The summed E-state index contributed by atoms with van der Waals surface area (Å²) in [4.78, 5) is 77.4. The molecule has 0 fully saturated rings. The van der Waals surface area contributed by atoms with Gasteiger partial charge in [-0.25, -0.2) is 20.2 Å². The van der Waals surface area contributed by atoms with Gasteiger partial charge in [-0.2, -0.15) is 0 Å². The van der Waals surface area contributed by atoms with E-state index in [0.717, 1.165) is 28.1 Å². The maximum absolute atomic E-state index is 14.1. The van der Waals surface area contributed by atoms with Gasteiger partial charge in [0.15, 0.2) is 0 Å². The number of hydrogen-bond acceptors (Lipinski definition) is 8. The Hall–Kier alpha value is -5.18. The molecule has 0 unspecified atom stereocenters. The SMILES string of the molecule is CONC(=O)[C@H](Cc1cnc(C(C)C)[nH]1)NC(=O)[C@H](Cc1c[nH]c2ccccc12)NC(=O)[C@H](Cc1cnc(C(C)C)[nH]1)NC(=O)OC(C)(C)C. The molecule has 4 rings (SSSR count). The monoisotopic (exact) mass is 691 g/mol. The second-order valence-corrected chi connectivity index (χ2v) is 13.9. The van der Waals surface area contributed by atoms with Crippen molar-refractivity contribution in [1.29, 1.82) is 0 Å². The van der Waals surface area contributed by atoms with Gasteiger partial charge in [0.1, 0.15) is 35.4 Å². The van der Waals surface area contributed by atoms with Gasteiger partial charge in [0.05, 0.1) is 7.11 Å². The fourth-order valence-corrected chi connectivity index (χ4v) is 5.30. The molecule has 1 aromatic carbocycles. The lowest BCUT2D eigenvalue weighted by Gasteiger charge is -2.26. The molecule has 0 aliphatic rings. The molecule has 0 radical (unpaired) electrons. The number of fused-ring (bicyclic) bond motifs is 1. The number of benzene rings is 1. The molecule has 4 amide bonds. The number of ether oxygens (including phenoxy) is 1. The summed E-state index contributed by atoms with van der Waals surface area (Å²) in [7, 11) is 1.30. The van der Waals surface area contributed by atoms with Crippen LogP contribution in [-0.4, -0.2) is 79.6 Å². The number of alkyl carbamates (subject to hydrolysis) is 1. The molecule has 50 heavy (non-hydrogen) atoms. The summed E-state index contributed by atoms with van der Waals surface area (Å²) in [6.45, 7) is 13.1. The normalized spacial score (nSPS) is 13.6. The van der Waals surface area contributed by atoms with E-state index in [2.05, 4.69) is 46.4 Å². The van der Waals surface area contributed by atoms with Crippen LogP contribution in [0.3, 0.4) is 0 Å². The lowest BCUT2D eigenvalue weighted by molar-refractivity contribution is -0.137. The largest absolute Gasteiger partial charge is 0.444 e. The fourth-order valence-electron chi connectivity index (χ4n) is 5.30. The van der Waals surface area contributed by atoms with Crippen molar-refractivity contribution < 1.29 is 28.8 Å². The molecule has 4 aromatic rings. The highest BCUT2D eigenvalue weighted by atomic mass is 16.6. The van der Waals surface area contributed by atoms with Crippen LogP contribution in [0.1, 0.15) is 88.9 Å². The number of H-pyrrole nitrogens is 3. The lowest BCUT2D eigenvalue weighted by Crippen LogP contribution is -2.58. The van der Waals surface area contributed by atoms with Crippen molar-refractivity contribution in [3.8, 4) is 0 Å². The van der Waals surface area contributed by atoms with Gasteiger partial charge in [0, 0.05) is 72.0 Å². The number of para-hydroxylation sites is 1. The molecule has 270 valence electrons. The zero-order valence-corrected chi connectivity index (χ0v) is 29.9. The first-order chi connectivity index (χ1) is 23.6. The number of rotatable bonds is 15. The summed E-state index contributed by atoms with van der Waals surface area (Å²) in [5.74, 6) is -0.146. The number of carbonyl (C=O) groups excluding carboxylic acids is 4. The van der Waals surface area contributed by atoms with Gasteiger partial charge in [-0.05, 0) is 32.4 Å². The second kappa shape index (κ2) is 16.5. The molecule has 15 heteroatoms. The van der Waals surface area contributed by atoms with Crippen LogP contribution in [0.4, 0.5) is 4.79 Å². The Morgan fingerprint density at radius 1 is 0.760 bits per heavy atom. The molecule has 0 aliphatic carbocycles. The minimum Gasteiger partial charge on any atom is -0.444 e. The number of carbonyl (C=O) groups is 4. The topological polar surface area (TPSA) is 208 Å². The van der Waals surface area contributed by atoms with Gasteiger partial charge < -0.3 is 35.6 Å². The molecule has 3 atom stereocenters. The number of aromatic amines is 3. The highest BCUT2D eigenvalue weighted by Gasteiger charge is 2.32. The number of amides is 4. The lowest BCUT2D eigenvalue weighted by atomic mass is 10.0. The number of imidazole rings is 2. The van der Waals surface area contributed by atoms with E-state index in [1.807, 2.05) is 52.0 Å². The Bertz CT molecular complexity index is 1770. The van der Waals surface area contributed by atoms with Crippen LogP contribution in [0.25, 0.3) is 10.9 Å². The summed E-state index contributed by atoms with van der Waals surface area (Å²) >= 11 is 0. The van der Waals surface area contributed by atoms with Crippen LogP contribution in [0, 0.1) is 0 Å². The van der Waals surface area contributed by atoms with E-state index in [1.54, 1.807) is 39.4 Å². The van der Waals surface area contributed by atoms with E-state index in [1.165, 1.54) is 7.11 Å².